The van der Waals surface area contributed by atoms with E-state index in [0.717, 1.165) is 16.5 Å². The smallest absolute Gasteiger partial charge is 0.339 e. The highest BCUT2D eigenvalue weighted by Crippen LogP contribution is 2.36. The fourth-order valence-corrected chi connectivity index (χ4v) is 4.55. The molecule has 0 N–H and O–H groups in total. The Morgan fingerprint density at radius 1 is 0.968 bits per heavy atom. The molecule has 2 heterocycles. The second kappa shape index (κ2) is 7.14. The molecule has 154 valence electrons. The number of rotatable bonds is 4. The van der Waals surface area contributed by atoms with Gasteiger partial charge in [-0.15, -0.1) is 0 Å². The van der Waals surface area contributed by atoms with E-state index < -0.39 is 10.1 Å². The van der Waals surface area contributed by atoms with Crippen molar-refractivity contribution in [2.45, 2.75) is 4.90 Å². The molecule has 1 aromatic heterocycles. The predicted octanol–water partition coefficient (Wildman–Crippen LogP) is 4.56. The van der Waals surface area contributed by atoms with E-state index in [9.17, 15) is 13.2 Å². The summed E-state index contributed by atoms with van der Waals surface area (Å²) in [6, 6.07) is 20.1. The lowest BCUT2D eigenvalue weighted by Crippen LogP contribution is -2.09. The van der Waals surface area contributed by atoms with Crippen molar-refractivity contribution in [3.63, 3.8) is 0 Å². The Kier molecular flexibility index (Phi) is 4.41. The summed E-state index contributed by atoms with van der Waals surface area (Å²) in [7, 11) is -2.05. The summed E-state index contributed by atoms with van der Waals surface area (Å²) in [5.41, 5.74) is 2.26. The molecule has 0 radical (unpaired) electrons. The molecule has 5 rings (SSSR count). The zero-order valence-corrected chi connectivity index (χ0v) is 17.3. The second-order valence-corrected chi connectivity index (χ2v) is 8.71. The van der Waals surface area contributed by atoms with Crippen LogP contribution < -0.4 is 8.92 Å². The minimum atomic E-state index is -3.99. The van der Waals surface area contributed by atoms with E-state index in [0.29, 0.717) is 5.56 Å². The molecule has 0 amide bonds. The molecule has 0 saturated heterocycles. The summed E-state index contributed by atoms with van der Waals surface area (Å²) in [6.07, 6.45) is 3.63. The number of carbonyl (C=O) groups is 1. The van der Waals surface area contributed by atoms with Gasteiger partial charge in [-0.05, 0) is 36.4 Å². The summed E-state index contributed by atoms with van der Waals surface area (Å²) in [4.78, 5) is 12.8. The first kappa shape index (κ1) is 19.1. The third-order valence-corrected chi connectivity index (χ3v) is 6.35. The van der Waals surface area contributed by atoms with Gasteiger partial charge in [-0.25, -0.2) is 0 Å². The maximum Gasteiger partial charge on any atom is 0.339 e. The number of carbonyl (C=O) groups excluding carboxylic acids is 1. The van der Waals surface area contributed by atoms with Crippen molar-refractivity contribution in [2.75, 3.05) is 0 Å². The van der Waals surface area contributed by atoms with Crippen LogP contribution in [0.3, 0.4) is 0 Å². The van der Waals surface area contributed by atoms with Gasteiger partial charge in [-0.1, -0.05) is 36.4 Å². The fraction of sp³-hybridized carbons (Fsp3) is 0.0417. The van der Waals surface area contributed by atoms with Crippen LogP contribution in [0.1, 0.15) is 15.9 Å². The lowest BCUT2D eigenvalue weighted by molar-refractivity contribution is 0.101. The quantitative estimate of drug-likeness (QED) is 0.350. The molecule has 0 unspecified atom stereocenters. The minimum absolute atomic E-state index is 0.0454. The number of aromatic nitrogens is 1. The first-order valence-corrected chi connectivity index (χ1v) is 10.9. The SMILES string of the molecule is Cn1cc(/C=C2/Oc3cc(OS(=O)(=O)c4ccccc4)ccc3C2=O)c2ccccc21. The van der Waals surface area contributed by atoms with Crippen molar-refractivity contribution in [1.29, 1.82) is 0 Å². The van der Waals surface area contributed by atoms with Crippen molar-refractivity contribution in [1.82, 2.24) is 4.57 Å². The highest BCUT2D eigenvalue weighted by atomic mass is 32.2. The molecule has 0 bridgehead atoms. The summed E-state index contributed by atoms with van der Waals surface area (Å²) in [5.74, 6) is 0.244. The molecule has 1 aliphatic heterocycles. The number of ether oxygens (including phenoxy) is 1. The van der Waals surface area contributed by atoms with Crippen LogP contribution in [0.2, 0.25) is 0 Å². The molecule has 4 aromatic rings. The Hall–Kier alpha value is -3.84. The van der Waals surface area contributed by atoms with Gasteiger partial charge in [0.25, 0.3) is 0 Å². The van der Waals surface area contributed by atoms with Crippen molar-refractivity contribution in [2.24, 2.45) is 7.05 Å². The van der Waals surface area contributed by atoms with Gasteiger partial charge in [0, 0.05) is 35.8 Å². The average Bonchev–Trinajstić information content (AvgIpc) is 3.25. The number of benzene rings is 3. The number of fused-ring (bicyclic) bond motifs is 2. The van der Waals surface area contributed by atoms with Gasteiger partial charge in [0.2, 0.25) is 5.78 Å². The van der Waals surface area contributed by atoms with Crippen LogP contribution in [-0.4, -0.2) is 18.8 Å². The standard InChI is InChI=1S/C24H17NO5S/c1-25-15-16(19-9-5-6-10-21(19)25)13-23-24(26)20-12-11-17(14-22(20)29-23)30-31(27,28)18-7-3-2-4-8-18/h2-15H,1H3/b23-13+. The van der Waals surface area contributed by atoms with Crippen LogP contribution in [0, 0.1) is 0 Å². The van der Waals surface area contributed by atoms with Crippen molar-refractivity contribution in [3.8, 4) is 11.5 Å². The van der Waals surface area contributed by atoms with Gasteiger partial charge >= 0.3 is 10.1 Å². The Bertz CT molecular complexity index is 1470. The first-order valence-electron chi connectivity index (χ1n) is 9.54. The molecule has 0 fully saturated rings. The molecule has 0 saturated carbocycles. The minimum Gasteiger partial charge on any atom is -0.452 e. The third kappa shape index (κ3) is 3.39. The van der Waals surface area contributed by atoms with Crippen molar-refractivity contribution < 1.29 is 22.1 Å². The van der Waals surface area contributed by atoms with Gasteiger partial charge in [0.05, 0.1) is 5.56 Å². The Morgan fingerprint density at radius 2 is 1.71 bits per heavy atom. The summed E-state index contributed by atoms with van der Waals surface area (Å²) in [5, 5.41) is 1.00. The summed E-state index contributed by atoms with van der Waals surface area (Å²) in [6.45, 7) is 0. The summed E-state index contributed by atoms with van der Waals surface area (Å²) >= 11 is 0. The van der Waals surface area contributed by atoms with Crippen molar-refractivity contribution >= 4 is 32.9 Å². The maximum atomic E-state index is 12.8. The maximum absolute atomic E-state index is 12.8. The van der Waals surface area contributed by atoms with Crippen LogP contribution in [0.15, 0.2) is 89.6 Å². The molecule has 6 nitrogen and oxygen atoms in total. The van der Waals surface area contributed by atoms with Crippen LogP contribution in [-0.2, 0) is 17.2 Å². The van der Waals surface area contributed by atoms with Crippen LogP contribution in [0.4, 0.5) is 0 Å². The fourth-order valence-electron chi connectivity index (χ4n) is 3.61. The Morgan fingerprint density at radius 3 is 2.52 bits per heavy atom. The molecular formula is C24H17NO5S. The number of para-hydroxylation sites is 1. The van der Waals surface area contributed by atoms with Gasteiger partial charge in [-0.2, -0.15) is 8.42 Å². The topological polar surface area (TPSA) is 74.6 Å². The molecule has 7 heteroatoms. The Balaban J connectivity index is 1.46. The Labute approximate surface area is 179 Å². The second-order valence-electron chi connectivity index (χ2n) is 7.16. The molecule has 0 atom stereocenters. The lowest BCUT2D eigenvalue weighted by Gasteiger charge is -2.07. The van der Waals surface area contributed by atoms with Gasteiger partial charge in [0.15, 0.2) is 5.76 Å². The first-order chi connectivity index (χ1) is 14.9. The van der Waals surface area contributed by atoms with Crippen molar-refractivity contribution in [3.05, 3.63) is 95.9 Å². The molecule has 0 aliphatic carbocycles. The number of allylic oxidation sites excluding steroid dienone is 1. The lowest BCUT2D eigenvalue weighted by atomic mass is 10.1. The number of ketones is 1. The normalized spacial score (nSPS) is 14.6. The molecule has 3 aromatic carbocycles. The van der Waals surface area contributed by atoms with E-state index in [-0.39, 0.29) is 27.9 Å². The average molecular weight is 431 g/mol. The molecule has 0 spiro atoms. The van der Waals surface area contributed by atoms with Gasteiger partial charge < -0.3 is 13.5 Å². The van der Waals surface area contributed by atoms with Crippen LogP contribution in [0.5, 0.6) is 11.5 Å². The molecular weight excluding hydrogens is 414 g/mol. The van der Waals surface area contributed by atoms with E-state index in [4.69, 9.17) is 8.92 Å². The van der Waals surface area contributed by atoms with E-state index >= 15 is 0 Å². The van der Waals surface area contributed by atoms with E-state index in [1.165, 1.54) is 30.3 Å². The van der Waals surface area contributed by atoms with E-state index in [1.807, 2.05) is 42.1 Å². The number of Topliss-reactive ketones (excluding diaryl/α,β-unsaturated/α-hetero) is 1. The highest BCUT2D eigenvalue weighted by Gasteiger charge is 2.29. The number of aryl methyl sites for hydroxylation is 1. The zero-order chi connectivity index (χ0) is 21.6. The molecule has 1 aliphatic rings. The number of nitrogens with zero attached hydrogens (tertiary/aromatic N) is 1. The zero-order valence-electron chi connectivity index (χ0n) is 16.5. The van der Waals surface area contributed by atoms with E-state index in [2.05, 4.69) is 0 Å². The number of hydrogen-bond donors (Lipinski definition) is 0. The van der Waals surface area contributed by atoms with Gasteiger partial charge in [-0.3, -0.25) is 4.79 Å². The van der Waals surface area contributed by atoms with Crippen LogP contribution in [0.25, 0.3) is 17.0 Å². The van der Waals surface area contributed by atoms with Crippen LogP contribution >= 0.6 is 0 Å². The highest BCUT2D eigenvalue weighted by molar-refractivity contribution is 7.87. The molecule has 31 heavy (non-hydrogen) atoms. The number of hydrogen-bond acceptors (Lipinski definition) is 5. The third-order valence-electron chi connectivity index (χ3n) is 5.09. The van der Waals surface area contributed by atoms with Gasteiger partial charge in [0.1, 0.15) is 16.4 Å². The largest absolute Gasteiger partial charge is 0.452 e. The van der Waals surface area contributed by atoms with E-state index in [1.54, 1.807) is 24.3 Å². The monoisotopic (exact) mass is 431 g/mol. The summed E-state index contributed by atoms with van der Waals surface area (Å²) < 4.78 is 37.9. The predicted molar refractivity (Wildman–Crippen MR) is 117 cm³/mol.